The SMILES string of the molecule is CC12CCC(N)(C1Br)C2(C)C. The Kier molecular flexibility index (Phi) is 1.24. The maximum atomic E-state index is 6.30. The molecule has 0 heterocycles. The largest absolute Gasteiger partial charge is 0.324 e. The third-order valence-electron chi connectivity index (χ3n) is 4.66. The Morgan fingerprint density at radius 2 is 1.82 bits per heavy atom. The normalized spacial score (nSPS) is 59.2. The first-order valence-corrected chi connectivity index (χ1v) is 5.21. The molecule has 3 unspecified atom stereocenters. The summed E-state index contributed by atoms with van der Waals surface area (Å²) in [6.07, 6.45) is 2.47. The molecule has 3 fully saturated rings. The molecule has 2 bridgehead atoms. The second-order valence-corrected chi connectivity index (χ2v) is 5.86. The van der Waals surface area contributed by atoms with Gasteiger partial charge in [-0.05, 0) is 23.7 Å². The van der Waals surface area contributed by atoms with E-state index in [2.05, 4.69) is 36.7 Å². The predicted molar refractivity (Wildman–Crippen MR) is 50.8 cm³/mol. The van der Waals surface area contributed by atoms with Crippen LogP contribution >= 0.6 is 15.9 Å². The molecule has 0 aliphatic heterocycles. The van der Waals surface area contributed by atoms with Gasteiger partial charge < -0.3 is 5.73 Å². The molecule has 0 spiro atoms. The van der Waals surface area contributed by atoms with Crippen LogP contribution < -0.4 is 5.73 Å². The molecule has 0 aromatic heterocycles. The quantitative estimate of drug-likeness (QED) is 0.620. The zero-order valence-electron chi connectivity index (χ0n) is 7.45. The van der Waals surface area contributed by atoms with E-state index in [1.807, 2.05) is 0 Å². The number of hydrogen-bond donors (Lipinski definition) is 1. The topological polar surface area (TPSA) is 26.0 Å². The fourth-order valence-electron chi connectivity index (χ4n) is 3.00. The van der Waals surface area contributed by atoms with Crippen molar-refractivity contribution in [2.75, 3.05) is 0 Å². The van der Waals surface area contributed by atoms with Crippen LogP contribution in [-0.2, 0) is 0 Å². The Morgan fingerprint density at radius 3 is 1.91 bits per heavy atom. The first-order valence-electron chi connectivity index (χ1n) is 4.29. The second-order valence-electron chi connectivity index (χ2n) is 4.95. The number of alkyl halides is 1. The Balaban J connectivity index is 2.45. The molecule has 0 saturated heterocycles. The van der Waals surface area contributed by atoms with Gasteiger partial charge in [-0.15, -0.1) is 0 Å². The molecule has 0 radical (unpaired) electrons. The van der Waals surface area contributed by atoms with E-state index in [0.717, 1.165) is 0 Å². The van der Waals surface area contributed by atoms with Gasteiger partial charge in [-0.25, -0.2) is 0 Å². The van der Waals surface area contributed by atoms with E-state index < -0.39 is 0 Å². The van der Waals surface area contributed by atoms with Gasteiger partial charge in [0.1, 0.15) is 0 Å². The average Bonchev–Trinajstić information content (AvgIpc) is 2.26. The molecule has 1 nitrogen and oxygen atoms in total. The predicted octanol–water partition coefficient (Wildman–Crippen LogP) is 2.29. The fraction of sp³-hybridized carbons (Fsp3) is 1.00. The third kappa shape index (κ3) is 0.531. The van der Waals surface area contributed by atoms with Crippen molar-refractivity contribution < 1.29 is 0 Å². The van der Waals surface area contributed by atoms with Crippen LogP contribution in [0.3, 0.4) is 0 Å². The van der Waals surface area contributed by atoms with E-state index in [4.69, 9.17) is 5.73 Å². The van der Waals surface area contributed by atoms with Gasteiger partial charge in [-0.2, -0.15) is 0 Å². The molecule has 3 atom stereocenters. The summed E-state index contributed by atoms with van der Waals surface area (Å²) in [5.74, 6) is 0. The summed E-state index contributed by atoms with van der Waals surface area (Å²) >= 11 is 3.72. The number of rotatable bonds is 0. The second kappa shape index (κ2) is 1.69. The highest BCUT2D eigenvalue weighted by molar-refractivity contribution is 9.09. The number of halogens is 1. The highest BCUT2D eigenvalue weighted by Gasteiger charge is 2.75. The zero-order chi connectivity index (χ0) is 8.49. The van der Waals surface area contributed by atoms with Crippen LogP contribution in [0.1, 0.15) is 33.6 Å². The molecule has 3 aliphatic carbocycles. The molecule has 3 rings (SSSR count). The maximum Gasteiger partial charge on any atom is 0.0390 e. The van der Waals surface area contributed by atoms with Crippen LogP contribution in [0.5, 0.6) is 0 Å². The van der Waals surface area contributed by atoms with Gasteiger partial charge >= 0.3 is 0 Å². The van der Waals surface area contributed by atoms with Crippen molar-refractivity contribution in [3.05, 3.63) is 0 Å². The molecule has 2 N–H and O–H groups in total. The van der Waals surface area contributed by atoms with Gasteiger partial charge in [0, 0.05) is 10.4 Å². The molecule has 3 saturated carbocycles. The van der Waals surface area contributed by atoms with E-state index in [-0.39, 0.29) is 5.54 Å². The van der Waals surface area contributed by atoms with Crippen LogP contribution in [0.4, 0.5) is 0 Å². The number of nitrogens with two attached hydrogens (primary N) is 1. The first kappa shape index (κ1) is 8.06. The van der Waals surface area contributed by atoms with Gasteiger partial charge in [-0.3, -0.25) is 0 Å². The molecule has 11 heavy (non-hydrogen) atoms. The van der Waals surface area contributed by atoms with Crippen molar-refractivity contribution >= 4 is 15.9 Å². The van der Waals surface area contributed by atoms with Gasteiger partial charge in [0.25, 0.3) is 0 Å². The molecule has 2 heteroatoms. The van der Waals surface area contributed by atoms with Gasteiger partial charge in [0.15, 0.2) is 0 Å². The summed E-state index contributed by atoms with van der Waals surface area (Å²) in [7, 11) is 0. The monoisotopic (exact) mass is 217 g/mol. The molecule has 0 amide bonds. The van der Waals surface area contributed by atoms with Crippen LogP contribution in [0.25, 0.3) is 0 Å². The van der Waals surface area contributed by atoms with Gasteiger partial charge in [0.05, 0.1) is 0 Å². The van der Waals surface area contributed by atoms with E-state index in [9.17, 15) is 0 Å². The maximum absolute atomic E-state index is 6.30. The van der Waals surface area contributed by atoms with Crippen LogP contribution in [-0.4, -0.2) is 10.4 Å². The first-order chi connectivity index (χ1) is 4.86. The van der Waals surface area contributed by atoms with Crippen molar-refractivity contribution in [3.63, 3.8) is 0 Å². The summed E-state index contributed by atoms with van der Waals surface area (Å²) in [5, 5.41) is 0. The van der Waals surface area contributed by atoms with Crippen LogP contribution in [0.2, 0.25) is 0 Å². The van der Waals surface area contributed by atoms with E-state index in [1.165, 1.54) is 12.8 Å². The Labute approximate surface area is 76.9 Å². The summed E-state index contributed by atoms with van der Waals surface area (Å²) in [5.41, 5.74) is 7.15. The summed E-state index contributed by atoms with van der Waals surface area (Å²) < 4.78 is 0. The van der Waals surface area contributed by atoms with Crippen molar-refractivity contribution in [1.29, 1.82) is 0 Å². The van der Waals surface area contributed by atoms with Gasteiger partial charge in [-0.1, -0.05) is 36.7 Å². The third-order valence-corrected chi connectivity index (χ3v) is 6.49. The minimum Gasteiger partial charge on any atom is -0.324 e. The van der Waals surface area contributed by atoms with Crippen molar-refractivity contribution in [1.82, 2.24) is 0 Å². The average molecular weight is 218 g/mol. The Bertz CT molecular complexity index is 188. The summed E-state index contributed by atoms with van der Waals surface area (Å²) in [4.78, 5) is 0.539. The Hall–Kier alpha value is 0.440. The standard InChI is InChI=1S/C9H16BrN/c1-7(2)8(3)4-5-9(7,11)6(8)10/h6H,4-5,11H2,1-3H3. The highest BCUT2D eigenvalue weighted by Crippen LogP contribution is 2.73. The molecule has 3 aliphatic rings. The molecule has 0 aromatic rings. The van der Waals surface area contributed by atoms with E-state index in [0.29, 0.717) is 15.7 Å². The fourth-order valence-corrected chi connectivity index (χ4v) is 4.60. The number of fused-ring (bicyclic) bond motifs is 1. The summed E-state index contributed by atoms with van der Waals surface area (Å²) in [6.45, 7) is 6.96. The van der Waals surface area contributed by atoms with Gasteiger partial charge in [0.2, 0.25) is 0 Å². The van der Waals surface area contributed by atoms with Crippen LogP contribution in [0.15, 0.2) is 0 Å². The lowest BCUT2D eigenvalue weighted by Gasteiger charge is -2.63. The lowest BCUT2D eigenvalue weighted by Crippen LogP contribution is -2.73. The van der Waals surface area contributed by atoms with E-state index >= 15 is 0 Å². The van der Waals surface area contributed by atoms with Crippen molar-refractivity contribution in [2.45, 2.75) is 44.0 Å². The molecule has 0 aromatic carbocycles. The number of hydrogen-bond acceptors (Lipinski definition) is 1. The smallest absolute Gasteiger partial charge is 0.0390 e. The van der Waals surface area contributed by atoms with Crippen molar-refractivity contribution in [2.24, 2.45) is 16.6 Å². The van der Waals surface area contributed by atoms with Crippen LogP contribution in [0, 0.1) is 10.8 Å². The highest BCUT2D eigenvalue weighted by atomic mass is 79.9. The zero-order valence-corrected chi connectivity index (χ0v) is 9.03. The minimum absolute atomic E-state index is 0.0712. The molecular weight excluding hydrogens is 202 g/mol. The molecule has 64 valence electrons. The van der Waals surface area contributed by atoms with E-state index in [1.54, 1.807) is 0 Å². The lowest BCUT2D eigenvalue weighted by molar-refractivity contribution is -0.0476. The lowest BCUT2D eigenvalue weighted by atomic mass is 9.48. The summed E-state index contributed by atoms with van der Waals surface area (Å²) in [6, 6.07) is 0. The minimum atomic E-state index is 0.0712. The molecular formula is C9H16BrN. The van der Waals surface area contributed by atoms with Crippen molar-refractivity contribution in [3.8, 4) is 0 Å². The Morgan fingerprint density at radius 1 is 1.27 bits per heavy atom.